The highest BCUT2D eigenvalue weighted by Gasteiger charge is 2.51. The maximum Gasteiger partial charge on any atom is 0.310 e. The number of hydrogen-bond donors (Lipinski definition) is 1. The molecule has 4 fully saturated rings. The van der Waals surface area contributed by atoms with Crippen molar-refractivity contribution < 1.29 is 19.1 Å². The van der Waals surface area contributed by atoms with Crippen LogP contribution in [0.15, 0.2) is 18.2 Å². The van der Waals surface area contributed by atoms with Gasteiger partial charge < -0.3 is 14.8 Å². The third-order valence-electron chi connectivity index (χ3n) is 6.38. The molecular weight excluding hydrogens is 366 g/mol. The zero-order valence-electron chi connectivity index (χ0n) is 15.6. The van der Waals surface area contributed by atoms with E-state index in [-0.39, 0.29) is 24.5 Å². The summed E-state index contributed by atoms with van der Waals surface area (Å²) in [5, 5.41) is 3.74. The van der Waals surface area contributed by atoms with Crippen molar-refractivity contribution in [2.24, 2.45) is 17.8 Å². The largest absolute Gasteiger partial charge is 0.496 e. The van der Waals surface area contributed by atoms with E-state index < -0.39 is 5.97 Å². The first-order valence-corrected chi connectivity index (χ1v) is 10.1. The van der Waals surface area contributed by atoms with E-state index in [1.807, 2.05) is 0 Å². The van der Waals surface area contributed by atoms with Gasteiger partial charge in [0.15, 0.2) is 6.61 Å². The molecule has 0 saturated heterocycles. The molecule has 1 amide bonds. The van der Waals surface area contributed by atoms with Crippen molar-refractivity contribution in [3.8, 4) is 5.75 Å². The zero-order valence-corrected chi connectivity index (χ0v) is 16.4. The monoisotopic (exact) mass is 391 g/mol. The van der Waals surface area contributed by atoms with Crippen molar-refractivity contribution in [3.05, 3.63) is 28.8 Å². The summed E-state index contributed by atoms with van der Waals surface area (Å²) >= 11 is 5.99. The standard InChI is InChI=1S/C21H26ClNO4/c1-26-18-3-2-17(22)7-16(18)8-20(25)27-12-19(24)23-21-9-13-4-14(10-21)6-15(5-13)11-21/h2-3,7,13-15H,4-6,8-12H2,1H3,(H,23,24). The first kappa shape index (κ1) is 18.6. The van der Waals surface area contributed by atoms with Crippen LogP contribution in [0.3, 0.4) is 0 Å². The van der Waals surface area contributed by atoms with Gasteiger partial charge in [-0.3, -0.25) is 9.59 Å². The molecule has 146 valence electrons. The number of halogens is 1. The predicted octanol–water partition coefficient (Wildman–Crippen LogP) is 3.52. The molecular formula is C21H26ClNO4. The maximum atomic E-state index is 12.4. The Labute approximate surface area is 164 Å². The van der Waals surface area contributed by atoms with Gasteiger partial charge in [0.05, 0.1) is 13.5 Å². The number of carbonyl (C=O) groups is 2. The first-order chi connectivity index (χ1) is 12.9. The Bertz CT molecular complexity index is 712. The van der Waals surface area contributed by atoms with E-state index in [0.717, 1.165) is 37.0 Å². The van der Waals surface area contributed by atoms with E-state index in [9.17, 15) is 9.59 Å². The van der Waals surface area contributed by atoms with Crippen molar-refractivity contribution in [2.45, 2.75) is 50.5 Å². The average molecular weight is 392 g/mol. The maximum absolute atomic E-state index is 12.4. The lowest BCUT2D eigenvalue weighted by atomic mass is 9.53. The molecule has 4 aliphatic carbocycles. The fraction of sp³-hybridized carbons (Fsp3) is 0.619. The minimum atomic E-state index is -0.462. The fourth-order valence-corrected chi connectivity index (χ4v) is 6.03. The number of methoxy groups -OCH3 is 1. The summed E-state index contributed by atoms with van der Waals surface area (Å²) in [5.74, 6) is 2.20. The molecule has 1 aromatic rings. The van der Waals surface area contributed by atoms with E-state index in [1.165, 1.54) is 26.4 Å². The Morgan fingerprint density at radius 1 is 1.15 bits per heavy atom. The predicted molar refractivity (Wildman–Crippen MR) is 102 cm³/mol. The smallest absolute Gasteiger partial charge is 0.310 e. The van der Waals surface area contributed by atoms with Crippen LogP contribution in [0.1, 0.15) is 44.1 Å². The lowest BCUT2D eigenvalue weighted by molar-refractivity contribution is -0.149. The van der Waals surface area contributed by atoms with Gasteiger partial charge in [-0.25, -0.2) is 0 Å². The lowest BCUT2D eigenvalue weighted by Gasteiger charge is -2.56. The van der Waals surface area contributed by atoms with Crippen LogP contribution < -0.4 is 10.1 Å². The number of benzene rings is 1. The number of ether oxygens (including phenoxy) is 2. The highest BCUT2D eigenvalue weighted by Crippen LogP contribution is 2.55. The molecule has 6 heteroatoms. The minimum absolute atomic E-state index is 0.0222. The zero-order chi connectivity index (χ0) is 19.0. The highest BCUT2D eigenvalue weighted by atomic mass is 35.5. The fourth-order valence-electron chi connectivity index (χ4n) is 5.83. The molecule has 0 aliphatic heterocycles. The number of nitrogens with one attached hydrogen (secondary N) is 1. The van der Waals surface area contributed by atoms with Gasteiger partial charge >= 0.3 is 5.97 Å². The Balaban J connectivity index is 1.29. The average Bonchev–Trinajstić information content (AvgIpc) is 2.58. The quantitative estimate of drug-likeness (QED) is 0.753. The Morgan fingerprint density at radius 2 is 1.78 bits per heavy atom. The highest BCUT2D eigenvalue weighted by molar-refractivity contribution is 6.30. The molecule has 5 nitrogen and oxygen atoms in total. The van der Waals surface area contributed by atoms with Gasteiger partial charge in [-0.1, -0.05) is 11.6 Å². The molecule has 0 aromatic heterocycles. The van der Waals surface area contributed by atoms with Crippen LogP contribution in [0, 0.1) is 17.8 Å². The second kappa shape index (κ2) is 7.34. The molecule has 4 bridgehead atoms. The van der Waals surface area contributed by atoms with Gasteiger partial charge in [-0.15, -0.1) is 0 Å². The van der Waals surface area contributed by atoms with Crippen molar-refractivity contribution in [2.75, 3.05) is 13.7 Å². The molecule has 0 spiro atoms. The Hall–Kier alpha value is -1.75. The molecule has 0 radical (unpaired) electrons. The molecule has 0 heterocycles. The molecule has 4 aliphatic rings. The van der Waals surface area contributed by atoms with E-state index >= 15 is 0 Å². The molecule has 27 heavy (non-hydrogen) atoms. The first-order valence-electron chi connectivity index (χ1n) is 9.74. The van der Waals surface area contributed by atoms with Crippen molar-refractivity contribution in [1.82, 2.24) is 5.32 Å². The number of carbonyl (C=O) groups excluding carboxylic acids is 2. The van der Waals surface area contributed by atoms with Gasteiger partial charge in [0, 0.05) is 16.1 Å². The van der Waals surface area contributed by atoms with Gasteiger partial charge in [0.25, 0.3) is 5.91 Å². The summed E-state index contributed by atoms with van der Waals surface area (Å²) in [6.45, 7) is -0.233. The second-order valence-corrected chi connectivity index (χ2v) is 8.98. The minimum Gasteiger partial charge on any atom is -0.496 e. The van der Waals surface area contributed by atoms with Crippen LogP contribution in [0.25, 0.3) is 0 Å². The summed E-state index contributed by atoms with van der Waals surface area (Å²) in [6, 6.07) is 5.09. The molecule has 1 N–H and O–H groups in total. The number of amides is 1. The van der Waals surface area contributed by atoms with E-state index in [0.29, 0.717) is 16.3 Å². The molecule has 4 saturated carbocycles. The number of esters is 1. The van der Waals surface area contributed by atoms with E-state index in [2.05, 4.69) is 5.32 Å². The SMILES string of the molecule is COc1ccc(Cl)cc1CC(=O)OCC(=O)NC12CC3CC(CC(C3)C1)C2. The van der Waals surface area contributed by atoms with Crippen LogP contribution >= 0.6 is 11.6 Å². The topological polar surface area (TPSA) is 64.6 Å². The van der Waals surface area contributed by atoms with Gasteiger partial charge in [0.1, 0.15) is 5.75 Å². The Kier molecular flexibility index (Phi) is 5.06. The molecule has 1 aromatic carbocycles. The summed E-state index contributed by atoms with van der Waals surface area (Å²) in [7, 11) is 1.54. The van der Waals surface area contributed by atoms with Crippen LogP contribution in [0.2, 0.25) is 5.02 Å². The summed E-state index contributed by atoms with van der Waals surface area (Å²) in [4.78, 5) is 24.6. The van der Waals surface area contributed by atoms with Gasteiger partial charge in [-0.05, 0) is 74.5 Å². The van der Waals surface area contributed by atoms with Gasteiger partial charge in [0.2, 0.25) is 0 Å². The van der Waals surface area contributed by atoms with Crippen molar-refractivity contribution >= 4 is 23.5 Å². The van der Waals surface area contributed by atoms with Crippen molar-refractivity contribution in [1.29, 1.82) is 0 Å². The van der Waals surface area contributed by atoms with Crippen LogP contribution in [0.5, 0.6) is 5.75 Å². The molecule has 0 unspecified atom stereocenters. The van der Waals surface area contributed by atoms with Crippen LogP contribution in [-0.4, -0.2) is 31.1 Å². The molecule has 0 atom stereocenters. The number of hydrogen-bond acceptors (Lipinski definition) is 4. The lowest BCUT2D eigenvalue weighted by Crippen LogP contribution is -2.60. The second-order valence-electron chi connectivity index (χ2n) is 8.54. The van der Waals surface area contributed by atoms with Crippen LogP contribution in [0.4, 0.5) is 0 Å². The van der Waals surface area contributed by atoms with E-state index in [1.54, 1.807) is 18.2 Å². The summed E-state index contributed by atoms with van der Waals surface area (Å²) in [5.41, 5.74) is 0.588. The number of rotatable bonds is 6. The normalized spacial score (nSPS) is 30.8. The van der Waals surface area contributed by atoms with Gasteiger partial charge in [-0.2, -0.15) is 0 Å². The van der Waals surface area contributed by atoms with E-state index in [4.69, 9.17) is 21.1 Å². The summed E-state index contributed by atoms with van der Waals surface area (Å²) < 4.78 is 10.5. The van der Waals surface area contributed by atoms with Crippen LogP contribution in [-0.2, 0) is 20.7 Å². The Morgan fingerprint density at radius 3 is 2.37 bits per heavy atom. The third-order valence-corrected chi connectivity index (χ3v) is 6.62. The molecule has 5 rings (SSSR count). The summed E-state index contributed by atoms with van der Waals surface area (Å²) in [6.07, 6.45) is 7.24. The third kappa shape index (κ3) is 4.08. The van der Waals surface area contributed by atoms with Crippen molar-refractivity contribution in [3.63, 3.8) is 0 Å².